The normalized spacial score (nSPS) is 36.7. The molecule has 114 valence electrons. The van der Waals surface area contributed by atoms with Gasteiger partial charge in [-0.1, -0.05) is 25.0 Å². The minimum atomic E-state index is 0.981. The molecule has 0 aromatic carbocycles. The maximum Gasteiger partial charge on any atom is 0.127 e. The van der Waals surface area contributed by atoms with Gasteiger partial charge in [-0.25, -0.2) is 0 Å². The Bertz CT molecular complexity index is 297. The second-order valence-electron chi connectivity index (χ2n) is 7.45. The quantitative estimate of drug-likeness (QED) is 0.559. The fourth-order valence-electron chi connectivity index (χ4n) is 4.67. The third kappa shape index (κ3) is 4.08. The third-order valence-corrected chi connectivity index (χ3v) is 5.99. The maximum absolute atomic E-state index is 2.42. The lowest BCUT2D eigenvalue weighted by Gasteiger charge is -2.35. The summed E-state index contributed by atoms with van der Waals surface area (Å²) >= 11 is 0. The van der Waals surface area contributed by atoms with Gasteiger partial charge in [-0.3, -0.25) is 0 Å². The van der Waals surface area contributed by atoms with Crippen LogP contribution in [0.5, 0.6) is 0 Å². The molecule has 1 atom stereocenters. The molecule has 0 bridgehead atoms. The molecule has 2 nitrogen and oxygen atoms in total. The summed E-state index contributed by atoms with van der Waals surface area (Å²) in [4.78, 5) is 3.86. The maximum atomic E-state index is 2.42. The van der Waals surface area contributed by atoms with Crippen LogP contribution in [-0.4, -0.2) is 38.8 Å². The molecule has 0 aromatic rings. The van der Waals surface area contributed by atoms with Crippen LogP contribution in [0.3, 0.4) is 0 Å². The minimum absolute atomic E-state index is 0.981. The molecule has 20 heavy (non-hydrogen) atoms. The zero-order valence-electron chi connectivity index (χ0n) is 13.2. The van der Waals surface area contributed by atoms with Gasteiger partial charge in [-0.2, -0.15) is 0 Å². The Morgan fingerprint density at radius 1 is 0.800 bits per heavy atom. The monoisotopic (exact) mass is 278 g/mol. The van der Waals surface area contributed by atoms with E-state index in [-0.39, 0.29) is 0 Å². The SMILES string of the molecule is C1=CC[C@H](C[NH+]2CC[NH+](C3CCCCCC3)CC2)CC1. The van der Waals surface area contributed by atoms with Gasteiger partial charge in [0.1, 0.15) is 26.2 Å². The number of rotatable bonds is 3. The van der Waals surface area contributed by atoms with E-state index in [1.54, 1.807) is 0 Å². The number of allylic oxidation sites excluding steroid dienone is 2. The summed E-state index contributed by atoms with van der Waals surface area (Å²) in [6.07, 6.45) is 17.9. The van der Waals surface area contributed by atoms with Gasteiger partial charge in [-0.05, 0) is 44.9 Å². The van der Waals surface area contributed by atoms with Crippen molar-refractivity contribution in [1.82, 2.24) is 0 Å². The lowest BCUT2D eigenvalue weighted by atomic mass is 9.93. The highest BCUT2D eigenvalue weighted by atomic mass is 15.3. The molecule has 0 unspecified atom stereocenters. The van der Waals surface area contributed by atoms with E-state index in [2.05, 4.69) is 12.2 Å². The van der Waals surface area contributed by atoms with Gasteiger partial charge in [0.15, 0.2) is 0 Å². The van der Waals surface area contributed by atoms with Crippen molar-refractivity contribution in [3.63, 3.8) is 0 Å². The van der Waals surface area contributed by atoms with Gasteiger partial charge >= 0.3 is 0 Å². The van der Waals surface area contributed by atoms with Crippen molar-refractivity contribution >= 4 is 0 Å². The second kappa shape index (κ2) is 7.61. The molecule has 2 aliphatic carbocycles. The van der Waals surface area contributed by atoms with E-state index in [4.69, 9.17) is 0 Å². The van der Waals surface area contributed by atoms with E-state index in [1.165, 1.54) is 90.5 Å². The molecule has 0 spiro atoms. The second-order valence-corrected chi connectivity index (χ2v) is 7.45. The summed E-state index contributed by atoms with van der Waals surface area (Å²) in [6, 6.07) is 1.01. The highest BCUT2D eigenvalue weighted by Crippen LogP contribution is 2.16. The van der Waals surface area contributed by atoms with E-state index in [9.17, 15) is 0 Å². The van der Waals surface area contributed by atoms with E-state index >= 15 is 0 Å². The van der Waals surface area contributed by atoms with Gasteiger partial charge in [0.2, 0.25) is 0 Å². The van der Waals surface area contributed by atoms with Gasteiger partial charge in [0, 0.05) is 5.92 Å². The van der Waals surface area contributed by atoms with Crippen molar-refractivity contribution in [3.8, 4) is 0 Å². The van der Waals surface area contributed by atoms with Crippen LogP contribution in [-0.2, 0) is 0 Å². The van der Waals surface area contributed by atoms with Crippen molar-refractivity contribution in [2.24, 2.45) is 5.92 Å². The van der Waals surface area contributed by atoms with Crippen LogP contribution in [0, 0.1) is 5.92 Å². The van der Waals surface area contributed by atoms with E-state index in [0.717, 1.165) is 12.0 Å². The van der Waals surface area contributed by atoms with Crippen molar-refractivity contribution < 1.29 is 9.80 Å². The summed E-state index contributed by atoms with van der Waals surface area (Å²) in [5, 5.41) is 0. The Morgan fingerprint density at radius 3 is 2.20 bits per heavy atom. The lowest BCUT2D eigenvalue weighted by molar-refractivity contribution is -1.02. The summed E-state index contributed by atoms with van der Waals surface area (Å²) in [6.45, 7) is 7.21. The molecule has 2 N–H and O–H groups in total. The molecule has 0 amide bonds. The number of piperazine rings is 1. The van der Waals surface area contributed by atoms with Crippen LogP contribution < -0.4 is 9.80 Å². The van der Waals surface area contributed by atoms with Crippen LogP contribution in [0.25, 0.3) is 0 Å². The predicted molar refractivity (Wildman–Crippen MR) is 84.2 cm³/mol. The molecular formula is C18H34N2+2. The molecule has 0 aromatic heterocycles. The highest BCUT2D eigenvalue weighted by molar-refractivity contribution is 4.89. The van der Waals surface area contributed by atoms with E-state index in [0.29, 0.717) is 0 Å². The van der Waals surface area contributed by atoms with E-state index in [1.807, 2.05) is 9.80 Å². The van der Waals surface area contributed by atoms with Crippen molar-refractivity contribution in [1.29, 1.82) is 0 Å². The van der Waals surface area contributed by atoms with Crippen LogP contribution in [0.4, 0.5) is 0 Å². The first-order valence-corrected chi connectivity index (χ1v) is 9.25. The third-order valence-electron chi connectivity index (χ3n) is 5.99. The fraction of sp³-hybridized carbons (Fsp3) is 0.889. The Balaban J connectivity index is 1.40. The number of nitrogens with one attached hydrogen (secondary N) is 2. The zero-order chi connectivity index (χ0) is 13.6. The van der Waals surface area contributed by atoms with Crippen molar-refractivity contribution in [2.45, 2.75) is 63.8 Å². The summed E-state index contributed by atoms with van der Waals surface area (Å²) in [5.41, 5.74) is 0. The molecule has 1 aliphatic heterocycles. The number of hydrogen-bond donors (Lipinski definition) is 2. The Kier molecular flexibility index (Phi) is 5.55. The number of hydrogen-bond acceptors (Lipinski definition) is 0. The molecule has 0 radical (unpaired) electrons. The van der Waals surface area contributed by atoms with Gasteiger partial charge in [0.25, 0.3) is 0 Å². The highest BCUT2D eigenvalue weighted by Gasteiger charge is 2.30. The lowest BCUT2D eigenvalue weighted by Crippen LogP contribution is -3.29. The summed E-state index contributed by atoms with van der Waals surface area (Å²) < 4.78 is 0. The molecule has 1 saturated heterocycles. The molecule has 1 saturated carbocycles. The smallest absolute Gasteiger partial charge is 0.127 e. The van der Waals surface area contributed by atoms with Crippen molar-refractivity contribution in [2.75, 3.05) is 32.7 Å². The first-order chi connectivity index (χ1) is 9.92. The zero-order valence-corrected chi connectivity index (χ0v) is 13.2. The van der Waals surface area contributed by atoms with Crippen LogP contribution in [0.2, 0.25) is 0 Å². The van der Waals surface area contributed by atoms with Crippen LogP contribution in [0.1, 0.15) is 57.8 Å². The van der Waals surface area contributed by atoms with Gasteiger partial charge in [0.05, 0.1) is 12.6 Å². The summed E-state index contributed by atoms with van der Waals surface area (Å²) in [5.74, 6) is 0.981. The summed E-state index contributed by atoms with van der Waals surface area (Å²) in [7, 11) is 0. The minimum Gasteiger partial charge on any atom is -0.325 e. The van der Waals surface area contributed by atoms with Gasteiger partial charge in [-0.15, -0.1) is 0 Å². The average molecular weight is 278 g/mol. The first kappa shape index (κ1) is 14.6. The van der Waals surface area contributed by atoms with Crippen LogP contribution >= 0.6 is 0 Å². The topological polar surface area (TPSA) is 8.88 Å². The molecule has 1 heterocycles. The standard InChI is InChI=1S/C18H32N2/c1-2-7-11-18(10-6-1)20-14-12-19(13-15-20)16-17-8-4-3-5-9-17/h3-4,17-18H,1-2,5-16H2/p+2/t17-/m0/s1. The van der Waals surface area contributed by atoms with Crippen LogP contribution in [0.15, 0.2) is 12.2 Å². The molecule has 3 rings (SSSR count). The fourth-order valence-corrected chi connectivity index (χ4v) is 4.67. The Morgan fingerprint density at radius 2 is 1.55 bits per heavy atom. The molecule has 3 aliphatic rings. The van der Waals surface area contributed by atoms with E-state index < -0.39 is 0 Å². The first-order valence-electron chi connectivity index (χ1n) is 9.25. The molecular weight excluding hydrogens is 244 g/mol. The molecule has 2 heteroatoms. The number of quaternary nitrogens is 2. The molecule has 2 fully saturated rings. The predicted octanol–water partition coefficient (Wildman–Crippen LogP) is 0.849. The Labute approximate surface area is 125 Å². The van der Waals surface area contributed by atoms with Crippen molar-refractivity contribution in [3.05, 3.63) is 12.2 Å². The average Bonchev–Trinajstić information content (AvgIpc) is 2.78. The largest absolute Gasteiger partial charge is 0.325 e. The Hall–Kier alpha value is -0.340. The van der Waals surface area contributed by atoms with Gasteiger partial charge < -0.3 is 9.80 Å².